The molecule has 146 valence electrons. The van der Waals surface area contributed by atoms with Crippen LogP contribution in [0.5, 0.6) is 0 Å². The third-order valence-corrected chi connectivity index (χ3v) is 4.52. The summed E-state index contributed by atoms with van der Waals surface area (Å²) >= 11 is 6.01. The molecule has 0 radical (unpaired) electrons. The topological polar surface area (TPSA) is 77.6 Å². The standard InChI is InChI=1S/C20H16ClFN6O/c1-27-11-15(9-24-27)14-7-16(21)18(22)17(8-14)25-20(29)19-23-12-28(26-19)10-13-5-3-2-4-6-13/h2-9,11-12H,10H2,1H3,(H,25,29). The largest absolute Gasteiger partial charge is 0.317 e. The first kappa shape index (κ1) is 18.8. The van der Waals surface area contributed by atoms with Crippen molar-refractivity contribution in [2.24, 2.45) is 7.05 Å². The Hall–Kier alpha value is -3.52. The van der Waals surface area contributed by atoms with Gasteiger partial charge >= 0.3 is 0 Å². The maximum atomic E-state index is 14.5. The summed E-state index contributed by atoms with van der Waals surface area (Å²) in [6.07, 6.45) is 4.85. The highest BCUT2D eigenvalue weighted by Crippen LogP contribution is 2.30. The molecule has 0 saturated heterocycles. The van der Waals surface area contributed by atoms with E-state index in [0.717, 1.165) is 11.1 Å². The normalized spacial score (nSPS) is 10.9. The van der Waals surface area contributed by atoms with E-state index in [0.29, 0.717) is 12.1 Å². The van der Waals surface area contributed by atoms with E-state index in [1.165, 1.54) is 18.5 Å². The first-order valence-corrected chi connectivity index (χ1v) is 9.10. The van der Waals surface area contributed by atoms with Gasteiger partial charge in [0.1, 0.15) is 6.33 Å². The van der Waals surface area contributed by atoms with Crippen LogP contribution in [-0.2, 0) is 13.6 Å². The minimum atomic E-state index is -0.726. The highest BCUT2D eigenvalue weighted by Gasteiger charge is 2.17. The van der Waals surface area contributed by atoms with Gasteiger partial charge in [0.15, 0.2) is 5.82 Å². The highest BCUT2D eigenvalue weighted by molar-refractivity contribution is 6.31. The molecule has 0 unspecified atom stereocenters. The average Bonchev–Trinajstić information content (AvgIpc) is 3.35. The van der Waals surface area contributed by atoms with Crippen LogP contribution in [0.3, 0.4) is 0 Å². The molecule has 0 fully saturated rings. The number of nitrogens with one attached hydrogen (secondary N) is 1. The molecule has 29 heavy (non-hydrogen) atoms. The van der Waals surface area contributed by atoms with Gasteiger partial charge in [-0.05, 0) is 23.3 Å². The smallest absolute Gasteiger partial charge is 0.295 e. The van der Waals surface area contributed by atoms with Crippen molar-refractivity contribution in [3.05, 3.63) is 83.4 Å². The zero-order valence-corrected chi connectivity index (χ0v) is 16.1. The molecule has 1 amide bonds. The number of amides is 1. The van der Waals surface area contributed by atoms with E-state index in [4.69, 9.17) is 11.6 Å². The van der Waals surface area contributed by atoms with Crippen molar-refractivity contribution in [3.8, 4) is 11.1 Å². The molecule has 0 bridgehead atoms. The Labute approximate surface area is 170 Å². The number of hydrogen-bond donors (Lipinski definition) is 1. The Bertz CT molecular complexity index is 1170. The Balaban J connectivity index is 1.55. The lowest BCUT2D eigenvalue weighted by Crippen LogP contribution is -2.15. The van der Waals surface area contributed by atoms with Crippen molar-refractivity contribution in [2.45, 2.75) is 6.54 Å². The number of aryl methyl sites for hydroxylation is 1. The SMILES string of the molecule is Cn1cc(-c2cc(Cl)c(F)c(NC(=O)c3ncn(Cc4ccccc4)n3)c2)cn1. The molecule has 4 rings (SSSR count). The lowest BCUT2D eigenvalue weighted by atomic mass is 10.1. The summed E-state index contributed by atoms with van der Waals surface area (Å²) in [5.41, 5.74) is 2.34. The Morgan fingerprint density at radius 3 is 2.72 bits per heavy atom. The number of rotatable bonds is 5. The van der Waals surface area contributed by atoms with Gasteiger partial charge in [-0.15, -0.1) is 5.10 Å². The number of carbonyl (C=O) groups is 1. The second-order valence-corrected chi connectivity index (χ2v) is 6.83. The molecule has 0 spiro atoms. The molecule has 4 aromatic rings. The van der Waals surface area contributed by atoms with Crippen LogP contribution in [0, 0.1) is 5.82 Å². The number of hydrogen-bond acceptors (Lipinski definition) is 4. The van der Waals surface area contributed by atoms with Crippen LogP contribution in [0.1, 0.15) is 16.2 Å². The van der Waals surface area contributed by atoms with E-state index in [1.54, 1.807) is 28.8 Å². The van der Waals surface area contributed by atoms with Gasteiger partial charge in [-0.3, -0.25) is 9.48 Å². The summed E-state index contributed by atoms with van der Waals surface area (Å²) in [7, 11) is 1.77. The molecule has 0 saturated carbocycles. The van der Waals surface area contributed by atoms with Crippen LogP contribution in [0.25, 0.3) is 11.1 Å². The van der Waals surface area contributed by atoms with Crippen LogP contribution in [0.15, 0.2) is 61.2 Å². The van der Waals surface area contributed by atoms with Crippen LogP contribution < -0.4 is 5.32 Å². The molecule has 0 aliphatic rings. The number of aromatic nitrogens is 5. The van der Waals surface area contributed by atoms with Crippen molar-refractivity contribution < 1.29 is 9.18 Å². The number of halogens is 2. The van der Waals surface area contributed by atoms with Gasteiger partial charge < -0.3 is 5.32 Å². The van der Waals surface area contributed by atoms with E-state index in [1.807, 2.05) is 30.3 Å². The monoisotopic (exact) mass is 410 g/mol. The first-order valence-electron chi connectivity index (χ1n) is 8.72. The fourth-order valence-electron chi connectivity index (χ4n) is 2.84. The predicted octanol–water partition coefficient (Wildman–Crippen LogP) is 3.77. The van der Waals surface area contributed by atoms with Gasteiger partial charge in [0.2, 0.25) is 5.82 Å². The number of anilines is 1. The molecule has 0 aliphatic carbocycles. The highest BCUT2D eigenvalue weighted by atomic mass is 35.5. The molecule has 2 aromatic heterocycles. The van der Waals surface area contributed by atoms with Gasteiger partial charge in [0.25, 0.3) is 5.91 Å². The minimum Gasteiger partial charge on any atom is -0.317 e. The summed E-state index contributed by atoms with van der Waals surface area (Å²) in [5.74, 6) is -1.42. The molecule has 0 atom stereocenters. The number of benzene rings is 2. The summed E-state index contributed by atoms with van der Waals surface area (Å²) in [4.78, 5) is 16.5. The zero-order chi connectivity index (χ0) is 20.4. The Kier molecular flexibility index (Phi) is 5.09. The van der Waals surface area contributed by atoms with Crippen LogP contribution in [0.4, 0.5) is 10.1 Å². The molecule has 9 heteroatoms. The van der Waals surface area contributed by atoms with Gasteiger partial charge in [-0.1, -0.05) is 41.9 Å². The molecule has 2 aromatic carbocycles. The predicted molar refractivity (Wildman–Crippen MR) is 107 cm³/mol. The van der Waals surface area contributed by atoms with Crippen molar-refractivity contribution >= 4 is 23.2 Å². The van der Waals surface area contributed by atoms with E-state index >= 15 is 0 Å². The summed E-state index contributed by atoms with van der Waals surface area (Å²) in [6.45, 7) is 0.470. The fraction of sp³-hybridized carbons (Fsp3) is 0.100. The van der Waals surface area contributed by atoms with Crippen molar-refractivity contribution in [2.75, 3.05) is 5.32 Å². The molecule has 0 aliphatic heterocycles. The quantitative estimate of drug-likeness (QED) is 0.543. The Morgan fingerprint density at radius 1 is 1.21 bits per heavy atom. The van der Waals surface area contributed by atoms with Crippen LogP contribution >= 0.6 is 11.6 Å². The van der Waals surface area contributed by atoms with E-state index in [2.05, 4.69) is 20.5 Å². The van der Waals surface area contributed by atoms with Gasteiger partial charge in [-0.2, -0.15) is 5.10 Å². The van der Waals surface area contributed by atoms with Crippen molar-refractivity contribution in [1.29, 1.82) is 0 Å². The average molecular weight is 411 g/mol. The Morgan fingerprint density at radius 2 is 2.00 bits per heavy atom. The van der Waals surface area contributed by atoms with Gasteiger partial charge in [0, 0.05) is 18.8 Å². The third-order valence-electron chi connectivity index (χ3n) is 4.24. The lowest BCUT2D eigenvalue weighted by molar-refractivity contribution is 0.101. The van der Waals surface area contributed by atoms with Crippen LogP contribution in [-0.4, -0.2) is 30.5 Å². The number of carbonyl (C=O) groups excluding carboxylic acids is 1. The van der Waals surface area contributed by atoms with E-state index in [9.17, 15) is 9.18 Å². The summed E-state index contributed by atoms with van der Waals surface area (Å²) in [6, 6.07) is 12.6. The summed E-state index contributed by atoms with van der Waals surface area (Å²) < 4.78 is 17.6. The van der Waals surface area contributed by atoms with Gasteiger partial charge in [0.05, 0.1) is 23.5 Å². The van der Waals surface area contributed by atoms with E-state index < -0.39 is 11.7 Å². The van der Waals surface area contributed by atoms with E-state index in [-0.39, 0.29) is 16.5 Å². The molecular weight excluding hydrogens is 395 g/mol. The third kappa shape index (κ3) is 4.17. The fourth-order valence-corrected chi connectivity index (χ4v) is 3.06. The second-order valence-electron chi connectivity index (χ2n) is 6.43. The maximum Gasteiger partial charge on any atom is 0.295 e. The lowest BCUT2D eigenvalue weighted by Gasteiger charge is -2.08. The zero-order valence-electron chi connectivity index (χ0n) is 15.4. The molecule has 2 heterocycles. The second kappa shape index (κ2) is 7.84. The molecule has 7 nitrogen and oxygen atoms in total. The maximum absolute atomic E-state index is 14.5. The van der Waals surface area contributed by atoms with Gasteiger partial charge in [-0.25, -0.2) is 14.1 Å². The molecular formula is C20H16ClFN6O. The first-order chi connectivity index (χ1) is 14.0. The minimum absolute atomic E-state index is 0.0548. The van der Waals surface area contributed by atoms with Crippen molar-refractivity contribution in [3.63, 3.8) is 0 Å². The molecule has 1 N–H and O–H groups in total. The van der Waals surface area contributed by atoms with Crippen LogP contribution in [0.2, 0.25) is 5.02 Å². The summed E-state index contributed by atoms with van der Waals surface area (Å²) in [5, 5.41) is 10.6. The number of nitrogens with zero attached hydrogens (tertiary/aromatic N) is 5. The van der Waals surface area contributed by atoms with Crippen molar-refractivity contribution in [1.82, 2.24) is 24.5 Å².